The number of hydrogen-bond donors (Lipinski definition) is 1. The van der Waals surface area contributed by atoms with Crippen LogP contribution in [-0.4, -0.2) is 137 Å². The molecule has 1 N–H and O–H groups in total. The number of halogens is 11. The maximum atomic E-state index is 15.8. The largest absolute Gasteiger partial charge is 0.478 e. The first kappa shape index (κ1) is 75.3. The highest BCUT2D eigenvalue weighted by Crippen LogP contribution is 2.68. The predicted molar refractivity (Wildman–Crippen MR) is 321 cm³/mol. The van der Waals surface area contributed by atoms with Gasteiger partial charge in [-0.05, 0) is 137 Å². The first-order chi connectivity index (χ1) is 43.2. The second-order valence-electron chi connectivity index (χ2n) is 25.7. The summed E-state index contributed by atoms with van der Waals surface area (Å²) in [6.07, 6.45) is -13.8. The highest BCUT2D eigenvalue weighted by Gasteiger charge is 2.68. The molecule has 37 heteroatoms. The van der Waals surface area contributed by atoms with Gasteiger partial charge in [0, 0.05) is 34.9 Å². The summed E-state index contributed by atoms with van der Waals surface area (Å²) >= 11 is 6.75. The molecule has 0 aliphatic heterocycles. The molecule has 2 aliphatic rings. The Bertz CT molecular complexity index is 4150. The van der Waals surface area contributed by atoms with E-state index in [-0.39, 0.29) is 31.3 Å². The van der Waals surface area contributed by atoms with Gasteiger partial charge in [-0.2, -0.15) is 49.6 Å². The van der Waals surface area contributed by atoms with Crippen LogP contribution in [0.3, 0.4) is 0 Å². The highest BCUT2D eigenvalue weighted by molar-refractivity contribution is 7.93. The summed E-state index contributed by atoms with van der Waals surface area (Å²) in [4.78, 5) is 60.5. The number of nitrogens with zero attached hydrogens (tertiary/aromatic N) is 7. The molecule has 2 aliphatic carbocycles. The van der Waals surface area contributed by atoms with E-state index in [2.05, 4.69) is 32.3 Å². The Morgan fingerprint density at radius 1 is 0.821 bits per heavy atom. The van der Waals surface area contributed by atoms with Crippen LogP contribution in [0.1, 0.15) is 128 Å². The molecule has 3 atom stereocenters. The minimum absolute atomic E-state index is 0.152. The van der Waals surface area contributed by atoms with Crippen LogP contribution in [0, 0.1) is 29.4 Å². The molecule has 0 saturated heterocycles. The normalized spacial score (nSPS) is 16.3. The van der Waals surface area contributed by atoms with Crippen molar-refractivity contribution in [2.24, 2.45) is 5.92 Å². The summed E-state index contributed by atoms with van der Waals surface area (Å²) in [5.74, 6) is -7.68. The number of phosphoric acid groups is 1. The van der Waals surface area contributed by atoms with Crippen molar-refractivity contribution in [2.75, 3.05) is 43.3 Å². The molecule has 3 amide bonds. The van der Waals surface area contributed by atoms with Gasteiger partial charge in [-0.15, -0.1) is 0 Å². The molecule has 2 aromatic carbocycles. The zero-order valence-electron chi connectivity index (χ0n) is 53.1. The maximum Gasteiger partial charge on any atom is 0.478 e. The number of anilines is 1. The van der Waals surface area contributed by atoms with Gasteiger partial charge in [0.25, 0.3) is 5.92 Å². The monoisotopic (exact) mass is 1430 g/mol. The lowest BCUT2D eigenvalue weighted by Crippen LogP contribution is -2.42. The van der Waals surface area contributed by atoms with Gasteiger partial charge in [-0.25, -0.2) is 49.3 Å². The number of hydrogen-bond acceptors (Lipinski definition) is 18. The summed E-state index contributed by atoms with van der Waals surface area (Å²) < 4.78 is 247. The van der Waals surface area contributed by atoms with E-state index in [0.29, 0.717) is 17.2 Å². The zero-order valence-corrected chi connectivity index (χ0v) is 56.4. The van der Waals surface area contributed by atoms with E-state index in [4.69, 9.17) is 39.4 Å². The van der Waals surface area contributed by atoms with Crippen LogP contribution >= 0.6 is 19.4 Å². The van der Waals surface area contributed by atoms with Gasteiger partial charge in [0.1, 0.15) is 59.6 Å². The molecule has 0 bridgehead atoms. The van der Waals surface area contributed by atoms with Gasteiger partial charge in [0.15, 0.2) is 21.3 Å². The van der Waals surface area contributed by atoms with Crippen LogP contribution in [0.4, 0.5) is 59.3 Å². The fourth-order valence-electron chi connectivity index (χ4n) is 9.82. The minimum atomic E-state index is -5.28. The quantitative estimate of drug-likeness (QED) is 0.0178. The second kappa shape index (κ2) is 26.7. The standard InChI is InChI=1S/C58H66ClF10N8O15PS2/c1-52(2,3)90-42(79)28-74(50(80)88-30-89-93(82,91-53(4,5)6)92-54(7,8)9)20-21-87-51(81)77(95(13,85)86)49-44-39(59)17-16-36(46(44)76(73-49)29-56(62,63)64)35-15-14-34(18-19-55(10,11)94(12,83)84)70-45(35)40(24-31-22-32(60)25-33(61)23-31)71-41(78)27-75-48-43(47(72-75)58(67,68)69)37-26-38(37)57(48,65)66/h14-17,22-23,25,37-38,40H,20-21,24,26-30H2,1-13H3,(H,71,78)/t37-,38+,40-/m0/s1. The topological polar surface area (TPSA) is 276 Å². The molecule has 3 heterocycles. The van der Waals surface area contributed by atoms with Crippen LogP contribution in [-0.2, 0) is 93.4 Å². The lowest BCUT2D eigenvalue weighted by atomic mass is 9.93. The molecular formula is C58H66ClF10N8O15PS2. The number of benzene rings is 2. The van der Waals surface area contributed by atoms with Crippen LogP contribution in [0.2, 0.25) is 5.02 Å². The van der Waals surface area contributed by atoms with Gasteiger partial charge >= 0.3 is 38.3 Å². The van der Waals surface area contributed by atoms with E-state index < -0.39 is 223 Å². The minimum Gasteiger partial charge on any atom is -0.459 e. The Labute approximate surface area is 544 Å². The molecule has 7 rings (SSSR count). The molecule has 1 fully saturated rings. The Morgan fingerprint density at radius 2 is 1.42 bits per heavy atom. The van der Waals surface area contributed by atoms with Crippen molar-refractivity contribution in [1.29, 1.82) is 0 Å². The van der Waals surface area contributed by atoms with Crippen LogP contribution in [0.25, 0.3) is 22.0 Å². The van der Waals surface area contributed by atoms with Crippen LogP contribution < -0.4 is 9.62 Å². The number of carbonyl (C=O) groups is 4. The number of amides is 3. The summed E-state index contributed by atoms with van der Waals surface area (Å²) in [7, 11) is -13.7. The number of sulfonamides is 1. The Hall–Kier alpha value is -7.09. The van der Waals surface area contributed by atoms with Gasteiger partial charge in [0.05, 0.1) is 51.7 Å². The Kier molecular flexibility index (Phi) is 21.2. The van der Waals surface area contributed by atoms with Gasteiger partial charge in [-0.1, -0.05) is 23.6 Å². The molecule has 0 unspecified atom stereocenters. The first-order valence-corrected chi connectivity index (χ1v) is 34.0. The molecule has 23 nitrogen and oxygen atoms in total. The van der Waals surface area contributed by atoms with Crippen molar-refractivity contribution in [1.82, 2.24) is 34.8 Å². The molecule has 95 heavy (non-hydrogen) atoms. The second-order valence-corrected chi connectivity index (χ2v) is 32.0. The molecule has 522 valence electrons. The van der Waals surface area contributed by atoms with Crippen LogP contribution in [0.15, 0.2) is 42.5 Å². The zero-order chi connectivity index (χ0) is 71.5. The van der Waals surface area contributed by atoms with E-state index in [1.807, 2.05) is 0 Å². The fourth-order valence-corrected chi connectivity index (χ4v) is 12.7. The van der Waals surface area contributed by atoms with Crippen molar-refractivity contribution in [3.63, 3.8) is 0 Å². The van der Waals surface area contributed by atoms with Gasteiger partial charge in [-0.3, -0.25) is 32.9 Å². The molecular weight excluding hydrogens is 1370 g/mol. The van der Waals surface area contributed by atoms with Gasteiger partial charge in [0.2, 0.25) is 22.7 Å². The van der Waals surface area contributed by atoms with Gasteiger partial charge < -0.3 is 19.5 Å². The molecule has 1 saturated carbocycles. The van der Waals surface area contributed by atoms with Crippen molar-refractivity contribution in [3.8, 4) is 23.0 Å². The van der Waals surface area contributed by atoms with E-state index in [1.54, 1.807) is 0 Å². The number of ether oxygens (including phenoxy) is 3. The van der Waals surface area contributed by atoms with Crippen molar-refractivity contribution < 1.29 is 112 Å². The Morgan fingerprint density at radius 3 is 1.97 bits per heavy atom. The third-order valence-electron chi connectivity index (χ3n) is 13.7. The lowest BCUT2D eigenvalue weighted by Gasteiger charge is -2.31. The number of fused-ring (bicyclic) bond motifs is 4. The number of esters is 1. The van der Waals surface area contributed by atoms with E-state index >= 15 is 17.6 Å². The van der Waals surface area contributed by atoms with Crippen molar-refractivity contribution in [2.45, 2.75) is 154 Å². The molecule has 5 aromatic rings. The third-order valence-corrected chi connectivity index (χ3v) is 19.0. The number of pyridine rings is 1. The number of rotatable bonds is 21. The number of aromatic nitrogens is 5. The summed E-state index contributed by atoms with van der Waals surface area (Å²) in [5, 5.41) is 8.33. The van der Waals surface area contributed by atoms with Crippen molar-refractivity contribution >= 4 is 80.1 Å². The molecule has 0 radical (unpaired) electrons. The predicted octanol–water partition coefficient (Wildman–Crippen LogP) is 11.7. The highest BCUT2D eigenvalue weighted by atomic mass is 35.5. The number of nitrogens with one attached hydrogen (secondary N) is 1. The first-order valence-electron chi connectivity index (χ1n) is 28.4. The average molecular weight is 1440 g/mol. The molecule has 0 spiro atoms. The summed E-state index contributed by atoms with van der Waals surface area (Å²) in [5.41, 5.74) is -10.0. The van der Waals surface area contributed by atoms with E-state index in [0.717, 1.165) is 42.7 Å². The summed E-state index contributed by atoms with van der Waals surface area (Å²) in [6.45, 7) is 8.49. The van der Waals surface area contributed by atoms with Crippen LogP contribution in [0.5, 0.6) is 0 Å². The van der Waals surface area contributed by atoms with E-state index in [9.17, 15) is 66.9 Å². The van der Waals surface area contributed by atoms with E-state index in [1.165, 1.54) is 76.2 Å². The third kappa shape index (κ3) is 18.7. The maximum absolute atomic E-state index is 15.8. The fraction of sp³-hybridized carbons (Fsp3) is 0.534. The Balaban J connectivity index is 1.35. The smallest absolute Gasteiger partial charge is 0.459 e. The number of carbonyl (C=O) groups excluding carboxylic acids is 4. The lowest BCUT2D eigenvalue weighted by molar-refractivity contribution is -0.156. The number of phosphoric ester groups is 1. The van der Waals surface area contributed by atoms with Crippen molar-refractivity contribution in [3.05, 3.63) is 93.0 Å². The number of alkyl halides is 8. The SMILES string of the molecule is CC(C)(C)OC(=O)CN(CCOC(=O)N(c1nn(CC(F)(F)F)c2c(-c3ccc(C#CC(C)(C)S(C)(=O)=O)nc3[C@H](Cc3cc(F)cc(F)c3)NC(=O)Cn3nc(C(F)(F)F)c4c3C(F)(F)[C@@H]3C[C@H]43)ccc(Cl)c12)S(C)(=O)=O)C(=O)OCOP(=O)(OC(C)(C)C)OC(C)(C)C. The number of sulfone groups is 1. The summed E-state index contributed by atoms with van der Waals surface area (Å²) in [6, 6.07) is 4.26. The average Bonchev–Trinajstić information content (AvgIpc) is 1.52. The molecule has 3 aromatic heterocycles.